The van der Waals surface area contributed by atoms with Gasteiger partial charge in [-0.25, -0.2) is 4.98 Å². The van der Waals surface area contributed by atoms with Crippen LogP contribution in [0, 0.1) is 5.41 Å². The number of aliphatic carboxylic acids is 1. The molecule has 9 heteroatoms. The van der Waals surface area contributed by atoms with Gasteiger partial charge in [0.1, 0.15) is 17.3 Å². The summed E-state index contributed by atoms with van der Waals surface area (Å²) in [6.45, 7) is 8.90. The van der Waals surface area contributed by atoms with Gasteiger partial charge in [-0.15, -0.1) is 17.0 Å². The summed E-state index contributed by atoms with van der Waals surface area (Å²) < 4.78 is 0. The number of halogens is 1. The number of phenolic OH excluding ortho intramolecular Hbond substituents is 1. The van der Waals surface area contributed by atoms with Gasteiger partial charge >= 0.3 is 5.97 Å². The number of fused-ring (bicyclic) bond motifs is 1. The molecule has 4 N–H and O–H groups in total. The van der Waals surface area contributed by atoms with Crippen LogP contribution in [0.3, 0.4) is 0 Å². The molecule has 1 aromatic heterocycles. The van der Waals surface area contributed by atoms with Crippen molar-refractivity contribution in [3.05, 3.63) is 57.9 Å². The van der Waals surface area contributed by atoms with Crippen LogP contribution < -0.4 is 5.32 Å². The molecule has 184 valence electrons. The highest BCUT2D eigenvalue weighted by Crippen LogP contribution is 2.35. The number of aromatic hydroxyl groups is 1. The molecule has 0 spiro atoms. The Hall–Kier alpha value is -2.78. The zero-order chi connectivity index (χ0) is 24.3. The number of pyridine rings is 1. The van der Waals surface area contributed by atoms with Crippen LogP contribution in [0.15, 0.2) is 24.3 Å². The van der Waals surface area contributed by atoms with Crippen LogP contribution in [-0.4, -0.2) is 50.8 Å². The first-order valence-electron chi connectivity index (χ1n) is 11.2. The highest BCUT2D eigenvalue weighted by Gasteiger charge is 2.29. The predicted molar refractivity (Wildman–Crippen MR) is 136 cm³/mol. The number of carboxylic acid groups (broad SMARTS) is 1. The van der Waals surface area contributed by atoms with E-state index < -0.39 is 11.4 Å². The number of hydrogen-bond acceptors (Lipinski definition) is 6. The standard InChI is InChI=1S/C25H32N4O4.BrH/c1-5-18-7-6-15-13-29(24(26)22(15)28-18)14-20(30)16-10-17(12-27-9-8-21(31)32)23(33)19(11-16)25(2,3)4;/h6-7,10-11,26-27,33H,5,8-9,12-14H2,1-4H3,(H,31,32);1H. The third-order valence-corrected chi connectivity index (χ3v) is 5.78. The van der Waals surface area contributed by atoms with E-state index in [2.05, 4.69) is 10.3 Å². The Morgan fingerprint density at radius 2 is 1.94 bits per heavy atom. The number of aryl methyl sites for hydroxylation is 1. The lowest BCUT2D eigenvalue weighted by Crippen LogP contribution is -2.31. The third-order valence-electron chi connectivity index (χ3n) is 5.78. The van der Waals surface area contributed by atoms with Crippen molar-refractivity contribution in [1.82, 2.24) is 15.2 Å². The molecular formula is C25H33BrN4O4. The first-order chi connectivity index (χ1) is 15.5. The Labute approximate surface area is 210 Å². The lowest BCUT2D eigenvalue weighted by Gasteiger charge is -2.24. The van der Waals surface area contributed by atoms with Gasteiger partial charge in [0.05, 0.1) is 13.0 Å². The number of rotatable bonds is 9. The first kappa shape index (κ1) is 27.5. The highest BCUT2D eigenvalue weighted by atomic mass is 79.9. The summed E-state index contributed by atoms with van der Waals surface area (Å²) in [6, 6.07) is 7.30. The first-order valence-corrected chi connectivity index (χ1v) is 11.2. The number of ketones is 1. The number of nitrogens with one attached hydrogen (secondary N) is 2. The van der Waals surface area contributed by atoms with Crippen LogP contribution in [0.2, 0.25) is 0 Å². The van der Waals surface area contributed by atoms with Crippen molar-refractivity contribution in [2.24, 2.45) is 0 Å². The van der Waals surface area contributed by atoms with Crippen molar-refractivity contribution in [3.8, 4) is 5.75 Å². The molecule has 8 nitrogen and oxygen atoms in total. The fraction of sp³-hybridized carbons (Fsp3) is 0.440. The van der Waals surface area contributed by atoms with Gasteiger partial charge in [0.25, 0.3) is 0 Å². The van der Waals surface area contributed by atoms with Crippen LogP contribution in [0.5, 0.6) is 5.75 Å². The SMILES string of the molecule is Br.CCc1ccc2c(n1)C(=N)N(CC(=O)c1cc(CNCCC(=O)O)c(O)c(C(C)(C)C)c1)C2. The van der Waals surface area contributed by atoms with E-state index in [-0.39, 0.29) is 60.4 Å². The van der Waals surface area contributed by atoms with Gasteiger partial charge in [0.15, 0.2) is 5.78 Å². The second-order valence-electron chi connectivity index (χ2n) is 9.39. The minimum atomic E-state index is -0.902. The molecule has 2 aromatic rings. The molecule has 1 aromatic carbocycles. The molecule has 3 rings (SSSR count). The van der Waals surface area contributed by atoms with E-state index in [1.54, 1.807) is 17.0 Å². The Kier molecular flexibility index (Phi) is 8.96. The lowest BCUT2D eigenvalue weighted by atomic mass is 9.83. The highest BCUT2D eigenvalue weighted by molar-refractivity contribution is 8.93. The van der Waals surface area contributed by atoms with Crippen molar-refractivity contribution in [2.45, 2.75) is 59.0 Å². The van der Waals surface area contributed by atoms with Crippen LogP contribution >= 0.6 is 17.0 Å². The van der Waals surface area contributed by atoms with E-state index in [0.717, 1.165) is 17.7 Å². The smallest absolute Gasteiger partial charge is 0.304 e. The summed E-state index contributed by atoms with van der Waals surface area (Å²) in [6.07, 6.45) is 0.753. The fourth-order valence-electron chi connectivity index (χ4n) is 3.87. The van der Waals surface area contributed by atoms with E-state index in [1.807, 2.05) is 39.8 Å². The number of carboxylic acids is 1. The zero-order valence-electron chi connectivity index (χ0n) is 20.1. The average Bonchev–Trinajstić information content (AvgIpc) is 3.05. The Bertz CT molecular complexity index is 1100. The maximum atomic E-state index is 13.2. The fourth-order valence-corrected chi connectivity index (χ4v) is 3.87. The molecule has 0 unspecified atom stereocenters. The molecule has 0 saturated heterocycles. The Morgan fingerprint density at radius 3 is 2.56 bits per heavy atom. The number of carbonyl (C=O) groups is 2. The molecule has 0 radical (unpaired) electrons. The monoisotopic (exact) mass is 532 g/mol. The average molecular weight is 533 g/mol. The molecule has 0 aliphatic carbocycles. The minimum absolute atomic E-state index is 0. The van der Waals surface area contributed by atoms with E-state index in [4.69, 9.17) is 10.5 Å². The molecular weight excluding hydrogens is 500 g/mol. The molecule has 34 heavy (non-hydrogen) atoms. The van der Waals surface area contributed by atoms with E-state index in [9.17, 15) is 14.7 Å². The van der Waals surface area contributed by atoms with Gasteiger partial charge in [-0.2, -0.15) is 0 Å². The number of nitrogens with zero attached hydrogens (tertiary/aromatic N) is 2. The van der Waals surface area contributed by atoms with Gasteiger partial charge in [-0.3, -0.25) is 15.0 Å². The van der Waals surface area contributed by atoms with E-state index in [1.165, 1.54) is 0 Å². The molecule has 0 amide bonds. The minimum Gasteiger partial charge on any atom is -0.507 e. The summed E-state index contributed by atoms with van der Waals surface area (Å²) >= 11 is 0. The normalized spacial score (nSPS) is 12.9. The Morgan fingerprint density at radius 1 is 1.24 bits per heavy atom. The van der Waals surface area contributed by atoms with Gasteiger partial charge in [-0.05, 0) is 30.0 Å². The summed E-state index contributed by atoms with van der Waals surface area (Å²) in [5.74, 6) is -0.695. The van der Waals surface area contributed by atoms with Gasteiger partial charge in [0, 0.05) is 47.6 Å². The van der Waals surface area contributed by atoms with Crippen LogP contribution in [0.4, 0.5) is 0 Å². The van der Waals surface area contributed by atoms with E-state index >= 15 is 0 Å². The summed E-state index contributed by atoms with van der Waals surface area (Å²) in [5.41, 5.74) is 3.75. The second kappa shape index (κ2) is 11.1. The topological polar surface area (TPSA) is 127 Å². The largest absolute Gasteiger partial charge is 0.507 e. The van der Waals surface area contributed by atoms with Crippen LogP contribution in [0.1, 0.15) is 72.6 Å². The zero-order valence-corrected chi connectivity index (χ0v) is 21.8. The number of aromatic nitrogens is 1. The molecule has 0 atom stereocenters. The molecule has 0 fully saturated rings. The summed E-state index contributed by atoms with van der Waals surface area (Å²) in [5, 5.41) is 31.1. The Balaban J connectivity index is 0.00000408. The van der Waals surface area contributed by atoms with Crippen molar-refractivity contribution in [1.29, 1.82) is 5.41 Å². The number of amidine groups is 1. The van der Waals surface area contributed by atoms with Crippen molar-refractivity contribution in [2.75, 3.05) is 13.1 Å². The molecule has 2 heterocycles. The number of carbonyl (C=O) groups excluding carboxylic acids is 1. The lowest BCUT2D eigenvalue weighted by molar-refractivity contribution is -0.136. The van der Waals surface area contributed by atoms with Gasteiger partial charge in [0.2, 0.25) is 0 Å². The van der Waals surface area contributed by atoms with Gasteiger partial charge in [-0.1, -0.05) is 33.8 Å². The number of hydrogen-bond donors (Lipinski definition) is 4. The molecule has 0 saturated carbocycles. The number of phenols is 1. The molecule has 1 aliphatic rings. The number of Topliss-reactive ketones (excluding diaryl/α,β-unsaturated/α-hetero) is 1. The second-order valence-corrected chi connectivity index (χ2v) is 9.39. The van der Waals surface area contributed by atoms with Crippen molar-refractivity contribution >= 4 is 34.6 Å². The van der Waals surface area contributed by atoms with Crippen LogP contribution in [0.25, 0.3) is 0 Å². The van der Waals surface area contributed by atoms with Crippen molar-refractivity contribution in [3.63, 3.8) is 0 Å². The molecule has 1 aliphatic heterocycles. The quantitative estimate of drug-likeness (QED) is 0.285. The van der Waals surface area contributed by atoms with Crippen molar-refractivity contribution < 1.29 is 19.8 Å². The maximum Gasteiger partial charge on any atom is 0.304 e. The third kappa shape index (κ3) is 6.21. The van der Waals surface area contributed by atoms with Gasteiger partial charge < -0.3 is 20.4 Å². The predicted octanol–water partition coefficient (Wildman–Crippen LogP) is 3.81. The van der Waals surface area contributed by atoms with E-state index in [0.29, 0.717) is 28.9 Å². The summed E-state index contributed by atoms with van der Waals surface area (Å²) in [4.78, 5) is 30.3. The van der Waals surface area contributed by atoms with Crippen LogP contribution in [-0.2, 0) is 29.7 Å². The summed E-state index contributed by atoms with van der Waals surface area (Å²) in [7, 11) is 0. The maximum absolute atomic E-state index is 13.2. The number of benzene rings is 1. The molecule has 0 bridgehead atoms.